The normalized spacial score (nSPS) is 10.7. The minimum absolute atomic E-state index is 0.452. The first kappa shape index (κ1) is 12.3. The number of nitrogens with zero attached hydrogens (tertiary/aromatic N) is 1. The monoisotopic (exact) mass is 227 g/mol. The lowest BCUT2D eigenvalue weighted by Gasteiger charge is -2.09. The van der Waals surface area contributed by atoms with E-state index in [9.17, 15) is 0 Å². The lowest BCUT2D eigenvalue weighted by Crippen LogP contribution is -2.02. The van der Waals surface area contributed by atoms with Crippen molar-refractivity contribution in [2.45, 2.75) is 32.6 Å². The van der Waals surface area contributed by atoms with Gasteiger partial charge < -0.3 is 4.74 Å². The summed E-state index contributed by atoms with van der Waals surface area (Å²) < 4.78 is 5.58. The van der Waals surface area contributed by atoms with Crippen molar-refractivity contribution in [3.8, 4) is 5.88 Å². The highest BCUT2D eigenvalue weighted by atomic mass is 35.5. The Hall–Kier alpha value is -0.760. The van der Waals surface area contributed by atoms with Gasteiger partial charge in [-0.15, -0.1) is 11.6 Å². The molecule has 0 spiro atoms. The Bertz CT molecular complexity index is 289. The van der Waals surface area contributed by atoms with Gasteiger partial charge in [0.15, 0.2) is 0 Å². The average Bonchev–Trinajstić information content (AvgIpc) is 2.24. The Morgan fingerprint density at radius 3 is 2.93 bits per heavy atom. The van der Waals surface area contributed by atoms with Crippen LogP contribution in [-0.2, 0) is 5.88 Å². The van der Waals surface area contributed by atoms with Crippen LogP contribution in [0.25, 0.3) is 0 Å². The van der Waals surface area contributed by atoms with E-state index in [2.05, 4.69) is 18.8 Å². The van der Waals surface area contributed by atoms with E-state index in [1.165, 1.54) is 6.42 Å². The maximum absolute atomic E-state index is 5.78. The fourth-order valence-corrected chi connectivity index (χ4v) is 1.52. The average molecular weight is 228 g/mol. The maximum Gasteiger partial charge on any atom is 0.217 e. The Morgan fingerprint density at radius 1 is 1.47 bits per heavy atom. The topological polar surface area (TPSA) is 22.1 Å². The molecule has 2 nitrogen and oxygen atoms in total. The molecule has 0 atom stereocenters. The largest absolute Gasteiger partial charge is 0.477 e. The summed E-state index contributed by atoms with van der Waals surface area (Å²) in [5.41, 5.74) is 0.962. The molecule has 1 rings (SSSR count). The summed E-state index contributed by atoms with van der Waals surface area (Å²) in [7, 11) is 0. The number of hydrogen-bond donors (Lipinski definition) is 0. The highest BCUT2D eigenvalue weighted by Gasteiger charge is 2.02. The van der Waals surface area contributed by atoms with E-state index in [-0.39, 0.29) is 0 Å². The van der Waals surface area contributed by atoms with Crippen LogP contribution in [0.5, 0.6) is 5.88 Å². The zero-order valence-electron chi connectivity index (χ0n) is 9.37. The predicted molar refractivity (Wildman–Crippen MR) is 63.4 cm³/mol. The molecule has 0 aliphatic carbocycles. The van der Waals surface area contributed by atoms with Crippen molar-refractivity contribution in [3.63, 3.8) is 0 Å². The van der Waals surface area contributed by atoms with Gasteiger partial charge in [0.05, 0.1) is 12.5 Å². The number of rotatable bonds is 6. The molecule has 0 amide bonds. The Balaban J connectivity index is 2.36. The van der Waals surface area contributed by atoms with E-state index in [4.69, 9.17) is 16.3 Å². The van der Waals surface area contributed by atoms with Gasteiger partial charge in [0.25, 0.3) is 0 Å². The lowest BCUT2D eigenvalue weighted by molar-refractivity contribution is 0.285. The first-order chi connectivity index (χ1) is 7.24. The van der Waals surface area contributed by atoms with Crippen molar-refractivity contribution in [2.75, 3.05) is 6.61 Å². The second-order valence-corrected chi connectivity index (χ2v) is 4.25. The Labute approximate surface area is 96.6 Å². The van der Waals surface area contributed by atoms with Crippen molar-refractivity contribution in [2.24, 2.45) is 5.92 Å². The molecule has 1 aromatic rings. The molecular weight excluding hydrogens is 210 g/mol. The summed E-state index contributed by atoms with van der Waals surface area (Å²) >= 11 is 5.78. The van der Waals surface area contributed by atoms with E-state index in [1.807, 2.05) is 12.1 Å². The summed E-state index contributed by atoms with van der Waals surface area (Å²) in [4.78, 5) is 4.16. The first-order valence-corrected chi connectivity index (χ1v) is 5.90. The molecule has 0 aromatic carbocycles. The zero-order valence-corrected chi connectivity index (χ0v) is 10.1. The van der Waals surface area contributed by atoms with Crippen molar-refractivity contribution in [3.05, 3.63) is 23.9 Å². The van der Waals surface area contributed by atoms with Gasteiger partial charge in [-0.3, -0.25) is 0 Å². The molecular formula is C12H18ClNO. The van der Waals surface area contributed by atoms with Crippen LogP contribution in [0, 0.1) is 5.92 Å². The molecule has 1 heterocycles. The zero-order chi connectivity index (χ0) is 11.1. The SMILES string of the molecule is CC(C)CCCOc1ncccc1CCl. The summed E-state index contributed by atoms with van der Waals surface area (Å²) in [6.45, 7) is 5.15. The van der Waals surface area contributed by atoms with E-state index in [0.29, 0.717) is 11.8 Å². The lowest BCUT2D eigenvalue weighted by atomic mass is 10.1. The molecule has 15 heavy (non-hydrogen) atoms. The molecule has 3 heteroatoms. The number of halogens is 1. The summed E-state index contributed by atoms with van der Waals surface area (Å²) in [6, 6.07) is 3.82. The minimum Gasteiger partial charge on any atom is -0.477 e. The van der Waals surface area contributed by atoms with Crippen LogP contribution in [-0.4, -0.2) is 11.6 Å². The van der Waals surface area contributed by atoms with Gasteiger partial charge in [-0.1, -0.05) is 19.9 Å². The molecule has 0 saturated heterocycles. The molecule has 0 unspecified atom stereocenters. The van der Waals surface area contributed by atoms with Crippen LogP contribution < -0.4 is 4.74 Å². The van der Waals surface area contributed by atoms with Crippen molar-refractivity contribution in [1.82, 2.24) is 4.98 Å². The van der Waals surface area contributed by atoms with Gasteiger partial charge in [-0.2, -0.15) is 0 Å². The summed E-state index contributed by atoms with van der Waals surface area (Å²) in [6.07, 6.45) is 3.98. The highest BCUT2D eigenvalue weighted by molar-refractivity contribution is 6.17. The Kier molecular flexibility index (Phi) is 5.48. The number of aromatic nitrogens is 1. The molecule has 1 aromatic heterocycles. The number of ether oxygens (including phenoxy) is 1. The fourth-order valence-electron chi connectivity index (χ4n) is 1.32. The van der Waals surface area contributed by atoms with E-state index in [1.54, 1.807) is 6.20 Å². The van der Waals surface area contributed by atoms with Crippen LogP contribution in [0.1, 0.15) is 32.3 Å². The van der Waals surface area contributed by atoms with Gasteiger partial charge in [0.1, 0.15) is 0 Å². The number of pyridine rings is 1. The van der Waals surface area contributed by atoms with Crippen LogP contribution in [0.15, 0.2) is 18.3 Å². The molecule has 0 bridgehead atoms. The third kappa shape index (κ3) is 4.52. The second kappa shape index (κ2) is 6.67. The standard InChI is InChI=1S/C12H18ClNO/c1-10(2)5-4-8-15-12-11(9-13)6-3-7-14-12/h3,6-7,10H,4-5,8-9H2,1-2H3. The van der Waals surface area contributed by atoms with Gasteiger partial charge in [0.2, 0.25) is 5.88 Å². The first-order valence-electron chi connectivity index (χ1n) is 5.36. The Morgan fingerprint density at radius 2 is 2.27 bits per heavy atom. The fraction of sp³-hybridized carbons (Fsp3) is 0.583. The van der Waals surface area contributed by atoms with Crippen molar-refractivity contribution >= 4 is 11.6 Å². The maximum atomic E-state index is 5.78. The van der Waals surface area contributed by atoms with E-state index < -0.39 is 0 Å². The molecule has 0 aliphatic rings. The molecule has 0 saturated carbocycles. The number of hydrogen-bond acceptors (Lipinski definition) is 2. The van der Waals surface area contributed by atoms with E-state index in [0.717, 1.165) is 24.5 Å². The molecule has 0 aliphatic heterocycles. The molecule has 84 valence electrons. The van der Waals surface area contributed by atoms with E-state index >= 15 is 0 Å². The van der Waals surface area contributed by atoms with Gasteiger partial charge in [0, 0.05) is 11.8 Å². The van der Waals surface area contributed by atoms with Crippen molar-refractivity contribution < 1.29 is 4.74 Å². The smallest absolute Gasteiger partial charge is 0.217 e. The quantitative estimate of drug-likeness (QED) is 0.547. The summed E-state index contributed by atoms with van der Waals surface area (Å²) in [5.74, 6) is 1.86. The van der Waals surface area contributed by atoms with Crippen LogP contribution >= 0.6 is 11.6 Å². The molecule has 0 radical (unpaired) electrons. The van der Waals surface area contributed by atoms with Crippen LogP contribution in [0.4, 0.5) is 0 Å². The second-order valence-electron chi connectivity index (χ2n) is 3.99. The minimum atomic E-state index is 0.452. The predicted octanol–water partition coefficient (Wildman–Crippen LogP) is 3.64. The molecule has 0 fully saturated rings. The molecule has 0 N–H and O–H groups in total. The third-order valence-electron chi connectivity index (χ3n) is 2.16. The van der Waals surface area contributed by atoms with Crippen molar-refractivity contribution in [1.29, 1.82) is 0 Å². The van der Waals surface area contributed by atoms with Crippen LogP contribution in [0.3, 0.4) is 0 Å². The van der Waals surface area contributed by atoms with Crippen LogP contribution in [0.2, 0.25) is 0 Å². The van der Waals surface area contributed by atoms with Gasteiger partial charge in [-0.25, -0.2) is 4.98 Å². The highest BCUT2D eigenvalue weighted by Crippen LogP contribution is 2.16. The number of alkyl halides is 1. The van der Waals surface area contributed by atoms with Gasteiger partial charge >= 0.3 is 0 Å². The summed E-state index contributed by atoms with van der Waals surface area (Å²) in [5, 5.41) is 0. The van der Waals surface area contributed by atoms with Gasteiger partial charge in [-0.05, 0) is 24.8 Å². The third-order valence-corrected chi connectivity index (χ3v) is 2.45.